The van der Waals surface area contributed by atoms with Crippen molar-refractivity contribution in [2.45, 2.75) is 20.0 Å². The zero-order valence-corrected chi connectivity index (χ0v) is 19.7. The van der Waals surface area contributed by atoms with Crippen molar-refractivity contribution in [3.63, 3.8) is 0 Å². The van der Waals surface area contributed by atoms with E-state index in [1.54, 1.807) is 23.3 Å². The number of aromatic nitrogens is 1. The van der Waals surface area contributed by atoms with Gasteiger partial charge < -0.3 is 9.64 Å². The van der Waals surface area contributed by atoms with Gasteiger partial charge in [0.15, 0.2) is 0 Å². The van der Waals surface area contributed by atoms with E-state index in [0.717, 1.165) is 11.4 Å². The van der Waals surface area contributed by atoms with Crippen LogP contribution in [0.5, 0.6) is 0 Å². The van der Waals surface area contributed by atoms with E-state index in [2.05, 4.69) is 21.7 Å². The number of likely N-dealkylation sites (N-methyl/N-ethyl adjacent to an activating group) is 1. The monoisotopic (exact) mass is 473 g/mol. The molecule has 4 rings (SSSR count). The smallest absolute Gasteiger partial charge is 0.414 e. The summed E-state index contributed by atoms with van der Waals surface area (Å²) in [4.78, 5) is 20.5. The molecule has 0 aliphatic carbocycles. The highest BCUT2D eigenvalue weighted by atomic mass is 32.2. The van der Waals surface area contributed by atoms with Crippen molar-refractivity contribution in [2.75, 3.05) is 54.0 Å². The highest BCUT2D eigenvalue weighted by Gasteiger charge is 2.33. The summed E-state index contributed by atoms with van der Waals surface area (Å²) < 4.78 is 32.1. The van der Waals surface area contributed by atoms with Crippen LogP contribution in [0, 0.1) is 12.7 Å². The van der Waals surface area contributed by atoms with Gasteiger partial charge in [0.05, 0.1) is 18.8 Å². The first kappa shape index (κ1) is 23.2. The predicted molar refractivity (Wildman–Crippen MR) is 129 cm³/mol. The number of benzene rings is 1. The Morgan fingerprint density at radius 3 is 2.73 bits per heavy atom. The molecule has 1 aromatic heterocycles. The van der Waals surface area contributed by atoms with Crippen molar-refractivity contribution < 1.29 is 18.1 Å². The molecule has 0 bridgehead atoms. The highest BCUT2D eigenvalue weighted by Crippen LogP contribution is 2.31. The van der Waals surface area contributed by atoms with Crippen LogP contribution < -0.4 is 9.80 Å². The van der Waals surface area contributed by atoms with Crippen LogP contribution in [0.1, 0.15) is 12.5 Å². The summed E-state index contributed by atoms with van der Waals surface area (Å²) in [5.74, 6) is 1.68. The zero-order chi connectivity index (χ0) is 23.5. The van der Waals surface area contributed by atoms with E-state index in [9.17, 15) is 9.00 Å². The summed E-state index contributed by atoms with van der Waals surface area (Å²) in [5.41, 5.74) is 2.46. The van der Waals surface area contributed by atoms with Crippen LogP contribution in [0.15, 0.2) is 35.6 Å². The molecule has 2 aromatic rings. The van der Waals surface area contributed by atoms with E-state index in [1.165, 1.54) is 11.0 Å². The van der Waals surface area contributed by atoms with Crippen molar-refractivity contribution in [3.8, 4) is 11.1 Å². The van der Waals surface area contributed by atoms with E-state index in [1.807, 2.05) is 19.9 Å². The van der Waals surface area contributed by atoms with Gasteiger partial charge in [-0.3, -0.25) is 14.1 Å². The molecule has 2 aliphatic heterocycles. The van der Waals surface area contributed by atoms with Gasteiger partial charge in [0.1, 0.15) is 17.7 Å². The van der Waals surface area contributed by atoms with Gasteiger partial charge in [0, 0.05) is 66.0 Å². The Morgan fingerprint density at radius 2 is 2.09 bits per heavy atom. The van der Waals surface area contributed by atoms with Gasteiger partial charge in [-0.15, -0.1) is 0 Å². The molecule has 0 N–H and O–H groups in total. The number of hydrazone groups is 1. The average Bonchev–Trinajstić information content (AvgIpc) is 3.18. The quantitative estimate of drug-likeness (QED) is 0.454. The largest absolute Gasteiger partial charge is 0.442 e. The van der Waals surface area contributed by atoms with E-state index in [-0.39, 0.29) is 6.10 Å². The molecule has 0 radical (unpaired) electrons. The van der Waals surface area contributed by atoms with Gasteiger partial charge in [-0.25, -0.2) is 14.2 Å². The van der Waals surface area contributed by atoms with Gasteiger partial charge in [0.2, 0.25) is 0 Å². The number of rotatable bonds is 7. The van der Waals surface area contributed by atoms with Crippen LogP contribution in [0.3, 0.4) is 0 Å². The van der Waals surface area contributed by atoms with Crippen LogP contribution in [0.4, 0.5) is 20.7 Å². The summed E-state index contributed by atoms with van der Waals surface area (Å²) in [6.45, 7) is 10.2. The number of carbonyl (C=O) groups is 1. The topological polar surface area (TPSA) is 78.3 Å². The Morgan fingerprint density at radius 1 is 1.33 bits per heavy atom. The van der Waals surface area contributed by atoms with Gasteiger partial charge >= 0.3 is 6.09 Å². The molecule has 2 saturated heterocycles. The summed E-state index contributed by atoms with van der Waals surface area (Å²) in [5, 5.41) is 5.61. The molecule has 2 fully saturated rings. The molecule has 176 valence electrons. The lowest BCUT2D eigenvalue weighted by Crippen LogP contribution is -2.38. The number of cyclic esters (lactones) is 1. The number of aryl methyl sites for hydroxylation is 1. The predicted octanol–water partition coefficient (Wildman–Crippen LogP) is 3.03. The number of halogens is 1. The van der Waals surface area contributed by atoms with Crippen molar-refractivity contribution in [2.24, 2.45) is 5.10 Å². The first-order valence-corrected chi connectivity index (χ1v) is 12.4. The van der Waals surface area contributed by atoms with Crippen LogP contribution in [-0.2, 0) is 15.5 Å². The Balaban J connectivity index is 1.50. The lowest BCUT2D eigenvalue weighted by molar-refractivity contribution is 0.112. The van der Waals surface area contributed by atoms with E-state index < -0.39 is 22.7 Å². The molecule has 1 amide bonds. The molecule has 2 aliphatic rings. The van der Waals surface area contributed by atoms with E-state index in [0.29, 0.717) is 61.0 Å². The average molecular weight is 474 g/mol. The molecule has 1 unspecified atom stereocenters. The third kappa shape index (κ3) is 5.00. The maximum absolute atomic E-state index is 15.1. The van der Waals surface area contributed by atoms with Gasteiger partial charge in [0.25, 0.3) is 0 Å². The van der Waals surface area contributed by atoms with E-state index >= 15 is 4.39 Å². The third-order valence-corrected chi connectivity index (χ3v) is 7.23. The summed E-state index contributed by atoms with van der Waals surface area (Å²) in [7, 11) is -0.757. The fourth-order valence-corrected chi connectivity index (χ4v) is 5.20. The summed E-state index contributed by atoms with van der Waals surface area (Å²) in [6, 6.07) is 6.64. The van der Waals surface area contributed by atoms with Crippen molar-refractivity contribution >= 4 is 35.1 Å². The van der Waals surface area contributed by atoms with E-state index in [4.69, 9.17) is 4.74 Å². The zero-order valence-electron chi connectivity index (χ0n) is 18.9. The number of carbonyl (C=O) groups excluding carboxylic acids is 1. The van der Waals surface area contributed by atoms with Crippen LogP contribution in [0.2, 0.25) is 0 Å². The number of ether oxygens (including phenoxy) is 1. The molecule has 0 spiro atoms. The molecule has 33 heavy (non-hydrogen) atoms. The standard InChI is InChI=1S/C23H28FN5O3S/c1-4-28(25-3)14-19-15-29(23(30)32-19)18-5-6-20(21(24)12-18)17-11-16(2)22(26-13-17)27-7-9-33(31)10-8-27/h5-6,11-13,19H,3-4,7-10,14-15H2,1-2H3. The van der Waals surface area contributed by atoms with Crippen molar-refractivity contribution in [3.05, 3.63) is 41.8 Å². The second kappa shape index (κ2) is 9.86. The Kier molecular flexibility index (Phi) is 6.92. The summed E-state index contributed by atoms with van der Waals surface area (Å²) >= 11 is 0. The minimum Gasteiger partial charge on any atom is -0.442 e. The first-order chi connectivity index (χ1) is 15.9. The molecule has 0 saturated carbocycles. The number of pyridine rings is 1. The second-order valence-corrected chi connectivity index (χ2v) is 9.82. The maximum atomic E-state index is 15.1. The fourth-order valence-electron chi connectivity index (χ4n) is 4.15. The molecule has 8 nitrogen and oxygen atoms in total. The number of amides is 1. The first-order valence-electron chi connectivity index (χ1n) is 11.0. The molecule has 1 aromatic carbocycles. The fraction of sp³-hybridized carbons (Fsp3) is 0.435. The van der Waals surface area contributed by atoms with Crippen LogP contribution in [0.25, 0.3) is 11.1 Å². The Bertz CT molecular complexity index is 1070. The number of hydrogen-bond donors (Lipinski definition) is 0. The number of hydrogen-bond acceptors (Lipinski definition) is 7. The normalized spacial score (nSPS) is 19.0. The van der Waals surface area contributed by atoms with Crippen LogP contribution >= 0.6 is 0 Å². The van der Waals surface area contributed by atoms with Gasteiger partial charge in [-0.2, -0.15) is 5.10 Å². The van der Waals surface area contributed by atoms with Gasteiger partial charge in [-0.05, 0) is 43.7 Å². The van der Waals surface area contributed by atoms with Gasteiger partial charge in [-0.1, -0.05) is 0 Å². The highest BCUT2D eigenvalue weighted by molar-refractivity contribution is 7.85. The lowest BCUT2D eigenvalue weighted by atomic mass is 10.0. The maximum Gasteiger partial charge on any atom is 0.414 e. The number of nitrogens with zero attached hydrogens (tertiary/aromatic N) is 5. The third-order valence-electron chi connectivity index (χ3n) is 5.96. The molecular weight excluding hydrogens is 445 g/mol. The molecule has 10 heteroatoms. The van der Waals surface area contributed by atoms with Crippen molar-refractivity contribution in [1.82, 2.24) is 9.99 Å². The lowest BCUT2D eigenvalue weighted by Gasteiger charge is -2.28. The second-order valence-electron chi connectivity index (χ2n) is 8.13. The van der Waals surface area contributed by atoms with Crippen LogP contribution in [-0.4, -0.2) is 77.3 Å². The Labute approximate surface area is 195 Å². The molecule has 1 atom stereocenters. The molecule has 3 heterocycles. The number of anilines is 2. The Hall–Kier alpha value is -3.01. The molecular formula is C23H28FN5O3S. The SMILES string of the molecule is C=NN(CC)CC1CN(c2ccc(-c3cnc(N4CCS(=O)CC4)c(C)c3)c(F)c2)C(=O)O1. The minimum atomic E-state index is -0.757. The van der Waals surface area contributed by atoms with Crippen molar-refractivity contribution in [1.29, 1.82) is 0 Å². The minimum absolute atomic E-state index is 0.319. The summed E-state index contributed by atoms with van der Waals surface area (Å²) in [6.07, 6.45) is 0.794.